The molecule has 1 amide bonds. The summed E-state index contributed by atoms with van der Waals surface area (Å²) >= 11 is 0. The lowest BCUT2D eigenvalue weighted by Gasteiger charge is -2.26. The van der Waals surface area contributed by atoms with Crippen LogP contribution in [0.4, 0.5) is 5.95 Å². The Labute approximate surface area is 104 Å². The summed E-state index contributed by atoms with van der Waals surface area (Å²) in [5, 5.41) is 16.6. The number of aliphatic hydroxyl groups is 1. The number of nitrogens with two attached hydrogens (primary N) is 1. The van der Waals surface area contributed by atoms with E-state index in [1.54, 1.807) is 6.92 Å². The van der Waals surface area contributed by atoms with Gasteiger partial charge < -0.3 is 20.9 Å². The SMILES string of the molecule is CC1OCCC1(O)CNC(=O)Cn1cnc(N)n1. The molecule has 0 saturated carbocycles. The Morgan fingerprint density at radius 1 is 1.83 bits per heavy atom. The van der Waals surface area contributed by atoms with E-state index in [4.69, 9.17) is 10.5 Å². The van der Waals surface area contributed by atoms with Crippen molar-refractivity contribution in [2.45, 2.75) is 31.6 Å². The largest absolute Gasteiger partial charge is 0.385 e. The lowest BCUT2D eigenvalue weighted by Crippen LogP contribution is -2.48. The van der Waals surface area contributed by atoms with E-state index in [2.05, 4.69) is 15.4 Å². The van der Waals surface area contributed by atoms with Crippen molar-refractivity contribution in [1.29, 1.82) is 0 Å². The molecule has 4 N–H and O–H groups in total. The summed E-state index contributed by atoms with van der Waals surface area (Å²) in [5.41, 5.74) is 4.35. The third-order valence-electron chi connectivity index (χ3n) is 3.11. The minimum absolute atomic E-state index is 0.0233. The molecule has 18 heavy (non-hydrogen) atoms. The molecular formula is C10H17N5O3. The number of hydrogen-bond acceptors (Lipinski definition) is 6. The summed E-state index contributed by atoms with van der Waals surface area (Å²) in [4.78, 5) is 15.3. The zero-order chi connectivity index (χ0) is 13.2. The number of hydrogen-bond donors (Lipinski definition) is 3. The van der Waals surface area contributed by atoms with Gasteiger partial charge in [0.15, 0.2) is 0 Å². The van der Waals surface area contributed by atoms with Crippen molar-refractivity contribution in [1.82, 2.24) is 20.1 Å². The molecule has 100 valence electrons. The minimum atomic E-state index is -0.989. The van der Waals surface area contributed by atoms with E-state index in [1.165, 1.54) is 11.0 Å². The fourth-order valence-corrected chi connectivity index (χ4v) is 1.84. The molecule has 1 aliphatic heterocycles. The fourth-order valence-electron chi connectivity index (χ4n) is 1.84. The monoisotopic (exact) mass is 255 g/mol. The molecule has 1 aromatic rings. The Kier molecular flexibility index (Phi) is 3.48. The molecule has 0 spiro atoms. The van der Waals surface area contributed by atoms with Gasteiger partial charge in [-0.3, -0.25) is 4.79 Å². The molecule has 1 aliphatic rings. The molecule has 2 atom stereocenters. The maximum Gasteiger partial charge on any atom is 0.241 e. The lowest BCUT2D eigenvalue weighted by molar-refractivity contribution is -0.123. The van der Waals surface area contributed by atoms with Crippen LogP contribution in [-0.4, -0.2) is 50.6 Å². The standard InChI is InChI=1S/C10H17N5O3/c1-7-10(17,2-3-18-7)5-12-8(16)4-15-6-13-9(11)14-15/h6-7,17H,2-5H2,1H3,(H2,11,14)(H,12,16). The summed E-state index contributed by atoms with van der Waals surface area (Å²) in [7, 11) is 0. The zero-order valence-electron chi connectivity index (χ0n) is 10.2. The number of amides is 1. The Morgan fingerprint density at radius 2 is 2.61 bits per heavy atom. The van der Waals surface area contributed by atoms with E-state index in [0.717, 1.165) is 0 Å². The van der Waals surface area contributed by atoms with Gasteiger partial charge in [0.25, 0.3) is 0 Å². The highest BCUT2D eigenvalue weighted by Crippen LogP contribution is 2.24. The van der Waals surface area contributed by atoms with Gasteiger partial charge in [-0.05, 0) is 6.92 Å². The van der Waals surface area contributed by atoms with Crippen LogP contribution in [0.25, 0.3) is 0 Å². The second-order valence-corrected chi connectivity index (χ2v) is 4.44. The summed E-state index contributed by atoms with van der Waals surface area (Å²) < 4.78 is 6.61. The van der Waals surface area contributed by atoms with E-state index in [-0.39, 0.29) is 31.0 Å². The molecule has 2 unspecified atom stereocenters. The predicted molar refractivity (Wildman–Crippen MR) is 62.4 cm³/mol. The number of carbonyl (C=O) groups is 1. The Bertz CT molecular complexity index is 435. The van der Waals surface area contributed by atoms with Crippen molar-refractivity contribution in [3.63, 3.8) is 0 Å². The molecule has 1 saturated heterocycles. The van der Waals surface area contributed by atoms with Gasteiger partial charge in [0, 0.05) is 19.6 Å². The topological polar surface area (TPSA) is 115 Å². The van der Waals surface area contributed by atoms with Crippen LogP contribution < -0.4 is 11.1 Å². The van der Waals surface area contributed by atoms with Gasteiger partial charge in [-0.25, -0.2) is 9.67 Å². The van der Waals surface area contributed by atoms with Gasteiger partial charge in [0.05, 0.1) is 6.10 Å². The molecule has 0 radical (unpaired) electrons. The number of carbonyl (C=O) groups excluding carboxylic acids is 1. The number of rotatable bonds is 4. The highest BCUT2D eigenvalue weighted by molar-refractivity contribution is 5.75. The first kappa shape index (κ1) is 12.8. The predicted octanol–water partition coefficient (Wildman–Crippen LogP) is -1.48. The molecule has 2 rings (SSSR count). The van der Waals surface area contributed by atoms with E-state index in [1.807, 2.05) is 0 Å². The third kappa shape index (κ3) is 2.77. The molecule has 8 heteroatoms. The Balaban J connectivity index is 1.81. The lowest BCUT2D eigenvalue weighted by atomic mass is 9.97. The van der Waals surface area contributed by atoms with Gasteiger partial charge in [-0.1, -0.05) is 0 Å². The van der Waals surface area contributed by atoms with E-state index in [0.29, 0.717) is 13.0 Å². The normalized spacial score (nSPS) is 27.3. The molecule has 8 nitrogen and oxygen atoms in total. The highest BCUT2D eigenvalue weighted by atomic mass is 16.5. The molecule has 2 heterocycles. The molecule has 0 aromatic carbocycles. The van der Waals surface area contributed by atoms with E-state index >= 15 is 0 Å². The first-order chi connectivity index (χ1) is 8.49. The molecule has 1 fully saturated rings. The van der Waals surface area contributed by atoms with Gasteiger partial charge in [0.1, 0.15) is 18.5 Å². The van der Waals surface area contributed by atoms with Gasteiger partial charge in [-0.15, -0.1) is 5.10 Å². The molecule has 1 aromatic heterocycles. The number of aromatic nitrogens is 3. The number of nitrogens with one attached hydrogen (secondary N) is 1. The van der Waals surface area contributed by atoms with Crippen molar-refractivity contribution in [2.75, 3.05) is 18.9 Å². The van der Waals surface area contributed by atoms with E-state index < -0.39 is 5.60 Å². The average Bonchev–Trinajstić information content (AvgIpc) is 2.85. The first-order valence-corrected chi connectivity index (χ1v) is 5.75. The van der Waals surface area contributed by atoms with Gasteiger partial charge in [-0.2, -0.15) is 0 Å². The second kappa shape index (κ2) is 4.91. The number of anilines is 1. The van der Waals surface area contributed by atoms with Crippen molar-refractivity contribution in [3.8, 4) is 0 Å². The average molecular weight is 255 g/mol. The van der Waals surface area contributed by atoms with Gasteiger partial charge in [0.2, 0.25) is 11.9 Å². The van der Waals surface area contributed by atoms with Crippen LogP contribution in [0.2, 0.25) is 0 Å². The molecule has 0 aliphatic carbocycles. The summed E-state index contributed by atoms with van der Waals surface area (Å²) in [6, 6.07) is 0. The molecule has 0 bridgehead atoms. The number of nitrogens with zero attached hydrogens (tertiary/aromatic N) is 3. The number of ether oxygens (including phenoxy) is 1. The molecular weight excluding hydrogens is 238 g/mol. The Morgan fingerprint density at radius 3 is 3.17 bits per heavy atom. The number of nitrogen functional groups attached to an aromatic ring is 1. The van der Waals surface area contributed by atoms with E-state index in [9.17, 15) is 9.90 Å². The van der Waals surface area contributed by atoms with Crippen molar-refractivity contribution < 1.29 is 14.6 Å². The quantitative estimate of drug-likeness (QED) is 0.604. The summed E-state index contributed by atoms with van der Waals surface area (Å²) in [6.07, 6.45) is 1.62. The first-order valence-electron chi connectivity index (χ1n) is 5.75. The second-order valence-electron chi connectivity index (χ2n) is 4.44. The van der Waals surface area contributed by atoms with Crippen LogP contribution in [0.15, 0.2) is 6.33 Å². The zero-order valence-corrected chi connectivity index (χ0v) is 10.2. The van der Waals surface area contributed by atoms with Crippen LogP contribution in [0, 0.1) is 0 Å². The van der Waals surface area contributed by atoms with Crippen molar-refractivity contribution in [2.24, 2.45) is 0 Å². The maximum atomic E-state index is 11.6. The van der Waals surface area contributed by atoms with Gasteiger partial charge >= 0.3 is 0 Å². The highest BCUT2D eigenvalue weighted by Gasteiger charge is 2.39. The maximum absolute atomic E-state index is 11.6. The Hall–Kier alpha value is -1.67. The summed E-state index contributed by atoms with van der Waals surface area (Å²) in [6.45, 7) is 2.48. The smallest absolute Gasteiger partial charge is 0.241 e. The van der Waals surface area contributed by atoms with Crippen LogP contribution in [0.5, 0.6) is 0 Å². The van der Waals surface area contributed by atoms with Crippen LogP contribution in [0.1, 0.15) is 13.3 Å². The third-order valence-corrected chi connectivity index (χ3v) is 3.11. The van der Waals surface area contributed by atoms with Crippen molar-refractivity contribution >= 4 is 11.9 Å². The van der Waals surface area contributed by atoms with Crippen LogP contribution in [0.3, 0.4) is 0 Å². The fraction of sp³-hybridized carbons (Fsp3) is 0.700. The summed E-state index contributed by atoms with van der Waals surface area (Å²) in [5.74, 6) is -0.133. The van der Waals surface area contributed by atoms with Crippen LogP contribution >= 0.6 is 0 Å². The van der Waals surface area contributed by atoms with Crippen LogP contribution in [-0.2, 0) is 16.1 Å². The van der Waals surface area contributed by atoms with Crippen molar-refractivity contribution in [3.05, 3.63) is 6.33 Å². The minimum Gasteiger partial charge on any atom is -0.385 e.